The van der Waals surface area contributed by atoms with Crippen LogP contribution in [0.2, 0.25) is 0 Å². The third kappa shape index (κ3) is 2.36. The van der Waals surface area contributed by atoms with E-state index in [4.69, 9.17) is 5.73 Å². The van der Waals surface area contributed by atoms with Crippen molar-refractivity contribution in [3.05, 3.63) is 83.0 Å². The van der Waals surface area contributed by atoms with Crippen LogP contribution in [0, 0.1) is 0 Å². The molecule has 0 aromatic heterocycles. The van der Waals surface area contributed by atoms with E-state index in [9.17, 15) is 9.59 Å². The highest BCUT2D eigenvalue weighted by Crippen LogP contribution is 2.38. The lowest BCUT2D eigenvalue weighted by atomic mass is 9.74. The first-order valence-corrected chi connectivity index (χ1v) is 8.48. The maximum absolute atomic E-state index is 13.3. The van der Waals surface area contributed by atoms with Gasteiger partial charge in [-0.15, -0.1) is 0 Å². The fourth-order valence-corrected chi connectivity index (χ4v) is 3.65. The zero-order valence-electron chi connectivity index (χ0n) is 14.4. The van der Waals surface area contributed by atoms with Crippen LogP contribution in [0.25, 0.3) is 0 Å². The van der Waals surface area contributed by atoms with Gasteiger partial charge in [0, 0.05) is 34.5 Å². The van der Waals surface area contributed by atoms with Crippen molar-refractivity contribution in [2.45, 2.75) is 12.1 Å². The summed E-state index contributed by atoms with van der Waals surface area (Å²) in [6.45, 7) is 0. The Morgan fingerprint density at radius 2 is 1.62 bits per heavy atom. The summed E-state index contributed by atoms with van der Waals surface area (Å²) in [5.41, 5.74) is 8.19. The van der Waals surface area contributed by atoms with E-state index in [0.717, 1.165) is 5.69 Å². The van der Waals surface area contributed by atoms with E-state index < -0.39 is 5.66 Å². The van der Waals surface area contributed by atoms with Gasteiger partial charge in [0.15, 0.2) is 11.6 Å². The molecule has 0 spiro atoms. The summed E-state index contributed by atoms with van der Waals surface area (Å²) in [5, 5.41) is 6.64. The molecule has 1 unspecified atom stereocenters. The summed E-state index contributed by atoms with van der Waals surface area (Å²) in [4.78, 5) is 26.2. The number of nitrogens with two attached hydrogens (primary N) is 1. The van der Waals surface area contributed by atoms with Crippen LogP contribution < -0.4 is 16.4 Å². The average molecular weight is 345 g/mol. The van der Waals surface area contributed by atoms with Gasteiger partial charge in [0.25, 0.3) is 0 Å². The van der Waals surface area contributed by atoms with Crippen LogP contribution in [0.15, 0.2) is 71.8 Å². The molecule has 5 heteroatoms. The first-order chi connectivity index (χ1) is 12.6. The van der Waals surface area contributed by atoms with Crippen LogP contribution in [0.5, 0.6) is 0 Å². The van der Waals surface area contributed by atoms with Crippen LogP contribution >= 0.6 is 0 Å². The number of carbonyl (C=O) groups excluding carboxylic acids is 2. The molecule has 2 aromatic carbocycles. The molecule has 130 valence electrons. The molecular formula is C21H19N3O2. The van der Waals surface area contributed by atoms with Crippen molar-refractivity contribution in [3.8, 4) is 0 Å². The number of hydrogen-bond donors (Lipinski definition) is 3. The van der Waals surface area contributed by atoms with E-state index in [2.05, 4.69) is 10.6 Å². The second-order valence-corrected chi connectivity index (χ2v) is 6.50. The summed E-state index contributed by atoms with van der Waals surface area (Å²) >= 11 is 0. The maximum atomic E-state index is 13.3. The first kappa shape index (κ1) is 16.3. The van der Waals surface area contributed by atoms with Gasteiger partial charge in [0.1, 0.15) is 5.66 Å². The van der Waals surface area contributed by atoms with Gasteiger partial charge < -0.3 is 11.1 Å². The molecule has 4 N–H and O–H groups in total. The highest BCUT2D eigenvalue weighted by Gasteiger charge is 2.44. The number of allylic oxidation sites excluding steroid dienone is 2. The molecule has 0 amide bonds. The first-order valence-electron chi connectivity index (χ1n) is 8.48. The second-order valence-electron chi connectivity index (χ2n) is 6.50. The van der Waals surface area contributed by atoms with Crippen molar-refractivity contribution >= 4 is 22.9 Å². The van der Waals surface area contributed by atoms with Gasteiger partial charge in [-0.05, 0) is 31.3 Å². The molecule has 0 saturated heterocycles. The standard InChI is InChI=1S/C21H19N3O2/c1-23-21(24-14-10-8-13(22)9-11-14)12-4-7-17-18(21)20(26)16-6-3-2-5-15(16)19(17)25/h2-11,23-24H,12,22H2,1H3. The molecule has 0 aliphatic heterocycles. The highest BCUT2D eigenvalue weighted by molar-refractivity contribution is 6.29. The normalized spacial score (nSPS) is 21.4. The van der Waals surface area contributed by atoms with Crippen LogP contribution in [0.1, 0.15) is 27.1 Å². The molecule has 5 nitrogen and oxygen atoms in total. The molecule has 0 radical (unpaired) electrons. The number of nitrogen functional groups attached to an aromatic ring is 1. The number of carbonyl (C=O) groups is 2. The van der Waals surface area contributed by atoms with Crippen molar-refractivity contribution in [2.75, 3.05) is 18.1 Å². The van der Waals surface area contributed by atoms with Gasteiger partial charge in [0.05, 0.1) is 5.57 Å². The molecule has 0 bridgehead atoms. The Morgan fingerprint density at radius 1 is 0.962 bits per heavy atom. The molecule has 2 aliphatic rings. The van der Waals surface area contributed by atoms with Gasteiger partial charge in [-0.1, -0.05) is 36.4 Å². The summed E-state index contributed by atoms with van der Waals surface area (Å²) in [6.07, 6.45) is 4.21. The van der Waals surface area contributed by atoms with Gasteiger partial charge >= 0.3 is 0 Å². The number of likely N-dealkylation sites (N-methyl/N-ethyl adjacent to an activating group) is 1. The van der Waals surface area contributed by atoms with E-state index in [1.807, 2.05) is 18.2 Å². The second kappa shape index (κ2) is 5.97. The number of Topliss-reactive ketones (excluding diaryl/α,β-unsaturated/α-hetero) is 2. The van der Waals surface area contributed by atoms with Crippen LogP contribution in [-0.2, 0) is 0 Å². The molecule has 4 rings (SSSR count). The minimum absolute atomic E-state index is 0.120. The van der Waals surface area contributed by atoms with E-state index in [0.29, 0.717) is 34.4 Å². The Bertz CT molecular complexity index is 973. The number of ketones is 2. The Hall–Kier alpha value is -3.18. The SMILES string of the molecule is CNC1(Nc2ccc(N)cc2)CC=CC2=C1C(=O)c1ccccc1C2=O. The predicted octanol–water partition coefficient (Wildman–Crippen LogP) is 2.93. The zero-order valence-corrected chi connectivity index (χ0v) is 14.4. The minimum atomic E-state index is -0.861. The van der Waals surface area contributed by atoms with Gasteiger partial charge in [-0.25, -0.2) is 0 Å². The Kier molecular flexibility index (Phi) is 3.74. The molecule has 26 heavy (non-hydrogen) atoms. The number of fused-ring (bicyclic) bond motifs is 1. The van der Waals surface area contributed by atoms with Gasteiger partial charge in [-0.2, -0.15) is 0 Å². The van der Waals surface area contributed by atoms with E-state index >= 15 is 0 Å². The van der Waals surface area contributed by atoms with Gasteiger partial charge in [0.2, 0.25) is 0 Å². The molecule has 1 atom stereocenters. The fourth-order valence-electron chi connectivity index (χ4n) is 3.65. The van der Waals surface area contributed by atoms with Crippen molar-refractivity contribution in [2.24, 2.45) is 0 Å². The molecule has 2 aliphatic carbocycles. The minimum Gasteiger partial charge on any atom is -0.399 e. The van der Waals surface area contributed by atoms with E-state index in [-0.39, 0.29) is 11.6 Å². The smallest absolute Gasteiger partial charge is 0.194 e. The molecule has 0 saturated carbocycles. The van der Waals surface area contributed by atoms with E-state index in [1.165, 1.54) is 0 Å². The maximum Gasteiger partial charge on any atom is 0.194 e. The third-order valence-electron chi connectivity index (χ3n) is 4.99. The Labute approximate surface area is 151 Å². The summed E-state index contributed by atoms with van der Waals surface area (Å²) in [7, 11) is 1.78. The van der Waals surface area contributed by atoms with Crippen LogP contribution in [-0.4, -0.2) is 24.3 Å². The molecule has 0 heterocycles. The van der Waals surface area contributed by atoms with Crippen LogP contribution in [0.4, 0.5) is 11.4 Å². The lowest BCUT2D eigenvalue weighted by molar-refractivity contribution is 0.0961. The molecule has 2 aromatic rings. The zero-order chi connectivity index (χ0) is 18.3. The van der Waals surface area contributed by atoms with Crippen LogP contribution in [0.3, 0.4) is 0 Å². The summed E-state index contributed by atoms with van der Waals surface area (Å²) < 4.78 is 0. The predicted molar refractivity (Wildman–Crippen MR) is 102 cm³/mol. The number of rotatable bonds is 3. The largest absolute Gasteiger partial charge is 0.399 e. The summed E-state index contributed by atoms with van der Waals surface area (Å²) in [6, 6.07) is 14.3. The molecule has 0 fully saturated rings. The van der Waals surface area contributed by atoms with Gasteiger partial charge in [-0.3, -0.25) is 14.9 Å². The molecular weight excluding hydrogens is 326 g/mol. The topological polar surface area (TPSA) is 84.2 Å². The average Bonchev–Trinajstić information content (AvgIpc) is 2.68. The van der Waals surface area contributed by atoms with Crippen molar-refractivity contribution in [1.29, 1.82) is 0 Å². The lowest BCUT2D eigenvalue weighted by Gasteiger charge is -2.40. The monoisotopic (exact) mass is 345 g/mol. The number of nitrogens with one attached hydrogen (secondary N) is 2. The lowest BCUT2D eigenvalue weighted by Crippen LogP contribution is -2.55. The Balaban J connectivity index is 1.85. The summed E-state index contributed by atoms with van der Waals surface area (Å²) in [5.74, 6) is -0.248. The van der Waals surface area contributed by atoms with Crippen molar-refractivity contribution in [3.63, 3.8) is 0 Å². The number of hydrogen-bond acceptors (Lipinski definition) is 5. The van der Waals surface area contributed by atoms with Crippen molar-refractivity contribution < 1.29 is 9.59 Å². The fraction of sp³-hybridized carbons (Fsp3) is 0.143. The third-order valence-corrected chi connectivity index (χ3v) is 4.99. The number of anilines is 2. The number of benzene rings is 2. The highest BCUT2D eigenvalue weighted by atomic mass is 16.1. The Morgan fingerprint density at radius 3 is 2.27 bits per heavy atom. The van der Waals surface area contributed by atoms with E-state index in [1.54, 1.807) is 49.5 Å². The quantitative estimate of drug-likeness (QED) is 0.588. The van der Waals surface area contributed by atoms with Crippen molar-refractivity contribution in [1.82, 2.24) is 5.32 Å².